The zero-order valence-corrected chi connectivity index (χ0v) is 12.1. The zero-order valence-electron chi connectivity index (χ0n) is 10.5. The van der Waals surface area contributed by atoms with Crippen LogP contribution in [-0.2, 0) is 9.59 Å². The number of ether oxygens (including phenoxy) is 1. The maximum atomic E-state index is 12.0. The number of aliphatic hydroxyl groups excluding tert-OH is 1. The van der Waals surface area contributed by atoms with Gasteiger partial charge in [0.2, 0.25) is 0 Å². The molecule has 1 aromatic carbocycles. The summed E-state index contributed by atoms with van der Waals surface area (Å²) in [6.07, 6.45) is -0.743. The van der Waals surface area contributed by atoms with Gasteiger partial charge in [0.15, 0.2) is 6.61 Å². The SMILES string of the molecule is O=C(O)[C@@H]1CC(O)CN1C(=O)COc1ccc(Br)cc1. The first-order valence-corrected chi connectivity index (χ1v) is 6.85. The highest BCUT2D eigenvalue weighted by Crippen LogP contribution is 2.19. The summed E-state index contributed by atoms with van der Waals surface area (Å²) in [4.78, 5) is 24.1. The number of nitrogens with zero attached hydrogens (tertiary/aromatic N) is 1. The smallest absolute Gasteiger partial charge is 0.326 e. The summed E-state index contributed by atoms with van der Waals surface area (Å²) in [5.41, 5.74) is 0. The number of benzene rings is 1. The van der Waals surface area contributed by atoms with Gasteiger partial charge in [0.05, 0.1) is 6.10 Å². The van der Waals surface area contributed by atoms with Gasteiger partial charge < -0.3 is 19.8 Å². The van der Waals surface area contributed by atoms with Crippen molar-refractivity contribution in [1.82, 2.24) is 4.90 Å². The van der Waals surface area contributed by atoms with E-state index in [2.05, 4.69) is 15.9 Å². The molecule has 1 amide bonds. The number of halogens is 1. The molecule has 1 aliphatic rings. The molecule has 2 N–H and O–H groups in total. The van der Waals surface area contributed by atoms with E-state index < -0.39 is 24.0 Å². The summed E-state index contributed by atoms with van der Waals surface area (Å²) in [5, 5.41) is 18.5. The second kappa shape index (κ2) is 6.23. The van der Waals surface area contributed by atoms with E-state index in [1.165, 1.54) is 0 Å². The van der Waals surface area contributed by atoms with Crippen LogP contribution in [0.5, 0.6) is 5.75 Å². The second-order valence-corrected chi connectivity index (χ2v) is 5.45. The Morgan fingerprint density at radius 1 is 1.35 bits per heavy atom. The molecule has 6 nitrogen and oxygen atoms in total. The topological polar surface area (TPSA) is 87.1 Å². The average molecular weight is 344 g/mol. The minimum atomic E-state index is -1.11. The van der Waals surface area contributed by atoms with Crippen molar-refractivity contribution in [2.75, 3.05) is 13.2 Å². The highest BCUT2D eigenvalue weighted by molar-refractivity contribution is 9.10. The first-order chi connectivity index (χ1) is 9.47. The number of carboxylic acids is 1. The Bertz CT molecular complexity index is 504. The number of aliphatic hydroxyl groups is 1. The van der Waals surface area contributed by atoms with Crippen molar-refractivity contribution in [3.8, 4) is 5.75 Å². The summed E-state index contributed by atoms with van der Waals surface area (Å²) < 4.78 is 6.21. The van der Waals surface area contributed by atoms with E-state index in [9.17, 15) is 14.7 Å². The monoisotopic (exact) mass is 343 g/mol. The molecule has 0 radical (unpaired) electrons. The van der Waals surface area contributed by atoms with Crippen LogP contribution in [0.4, 0.5) is 0 Å². The third kappa shape index (κ3) is 3.49. The van der Waals surface area contributed by atoms with Crippen molar-refractivity contribution >= 4 is 27.8 Å². The molecular formula is C13H14BrNO5. The highest BCUT2D eigenvalue weighted by atomic mass is 79.9. The molecule has 1 fully saturated rings. The molecule has 20 heavy (non-hydrogen) atoms. The Hall–Kier alpha value is -1.60. The van der Waals surface area contributed by atoms with E-state index in [-0.39, 0.29) is 19.6 Å². The van der Waals surface area contributed by atoms with Gasteiger partial charge in [0.1, 0.15) is 11.8 Å². The molecule has 108 valence electrons. The molecule has 0 aliphatic carbocycles. The van der Waals surface area contributed by atoms with Gasteiger partial charge in [-0.2, -0.15) is 0 Å². The molecule has 1 heterocycles. The van der Waals surface area contributed by atoms with Crippen molar-refractivity contribution in [2.24, 2.45) is 0 Å². The molecule has 2 atom stereocenters. The lowest BCUT2D eigenvalue weighted by atomic mass is 10.2. The summed E-state index contributed by atoms with van der Waals surface area (Å²) >= 11 is 3.29. The molecule has 2 rings (SSSR count). The lowest BCUT2D eigenvalue weighted by Crippen LogP contribution is -2.42. The van der Waals surface area contributed by atoms with Crippen molar-refractivity contribution in [3.63, 3.8) is 0 Å². The largest absolute Gasteiger partial charge is 0.484 e. The van der Waals surface area contributed by atoms with Crippen LogP contribution in [0.3, 0.4) is 0 Å². The average Bonchev–Trinajstić information content (AvgIpc) is 2.80. The minimum Gasteiger partial charge on any atom is -0.484 e. The Balaban J connectivity index is 1.94. The third-order valence-electron chi connectivity index (χ3n) is 3.06. The van der Waals surface area contributed by atoms with Crippen LogP contribution < -0.4 is 4.74 Å². The summed E-state index contributed by atoms with van der Waals surface area (Å²) in [6, 6.07) is 5.97. The summed E-state index contributed by atoms with van der Waals surface area (Å²) in [5.74, 6) is -1.04. The van der Waals surface area contributed by atoms with Crippen molar-refractivity contribution < 1.29 is 24.5 Å². The predicted octanol–water partition coefficient (Wildman–Crippen LogP) is 0.874. The molecule has 1 saturated heterocycles. The molecule has 1 aliphatic heterocycles. The number of amides is 1. The molecule has 1 aromatic rings. The van der Waals surface area contributed by atoms with Gasteiger partial charge in [-0.3, -0.25) is 4.79 Å². The van der Waals surface area contributed by atoms with Crippen molar-refractivity contribution in [3.05, 3.63) is 28.7 Å². The van der Waals surface area contributed by atoms with Crippen molar-refractivity contribution in [2.45, 2.75) is 18.6 Å². The lowest BCUT2D eigenvalue weighted by molar-refractivity contribution is -0.148. The van der Waals surface area contributed by atoms with Crippen molar-refractivity contribution in [1.29, 1.82) is 0 Å². The Morgan fingerprint density at radius 2 is 2.00 bits per heavy atom. The van der Waals surface area contributed by atoms with E-state index in [4.69, 9.17) is 9.84 Å². The maximum Gasteiger partial charge on any atom is 0.326 e. The first kappa shape index (κ1) is 14.8. The number of rotatable bonds is 4. The third-order valence-corrected chi connectivity index (χ3v) is 3.59. The highest BCUT2D eigenvalue weighted by Gasteiger charge is 2.38. The fourth-order valence-corrected chi connectivity index (χ4v) is 2.35. The molecule has 0 spiro atoms. The fraction of sp³-hybridized carbons (Fsp3) is 0.385. The maximum absolute atomic E-state index is 12.0. The number of carbonyl (C=O) groups excluding carboxylic acids is 1. The van der Waals surface area contributed by atoms with Gasteiger partial charge in [0, 0.05) is 17.4 Å². The van der Waals surface area contributed by atoms with E-state index in [1.807, 2.05) is 0 Å². The number of hydrogen-bond acceptors (Lipinski definition) is 4. The zero-order chi connectivity index (χ0) is 14.7. The van der Waals surface area contributed by atoms with E-state index >= 15 is 0 Å². The molecule has 7 heteroatoms. The van der Waals surface area contributed by atoms with Gasteiger partial charge >= 0.3 is 5.97 Å². The van der Waals surface area contributed by atoms with Crippen LogP contribution in [0.2, 0.25) is 0 Å². The van der Waals surface area contributed by atoms with Crippen LogP contribution in [0.25, 0.3) is 0 Å². The van der Waals surface area contributed by atoms with Crippen LogP contribution >= 0.6 is 15.9 Å². The van der Waals surface area contributed by atoms with Crippen LogP contribution in [0.1, 0.15) is 6.42 Å². The molecular weight excluding hydrogens is 330 g/mol. The van der Waals surface area contributed by atoms with Gasteiger partial charge in [-0.1, -0.05) is 15.9 Å². The number of β-amino-alcohol motifs (C(OH)–C–C–N with tert-alkyl or cyclic N) is 1. The number of carboxylic acid groups (broad SMARTS) is 1. The van der Waals surface area contributed by atoms with E-state index in [1.54, 1.807) is 24.3 Å². The fourth-order valence-electron chi connectivity index (χ4n) is 2.08. The Labute approximate surface area is 124 Å². The van der Waals surface area contributed by atoms with Crippen LogP contribution in [0.15, 0.2) is 28.7 Å². The predicted molar refractivity (Wildman–Crippen MR) is 73.4 cm³/mol. The van der Waals surface area contributed by atoms with Crippen LogP contribution in [0, 0.1) is 0 Å². The molecule has 0 bridgehead atoms. The first-order valence-electron chi connectivity index (χ1n) is 6.06. The standard InChI is InChI=1S/C13H14BrNO5/c14-8-1-3-10(4-2-8)20-7-12(17)15-6-9(16)5-11(15)13(18)19/h1-4,9,11,16H,5-7H2,(H,18,19)/t9?,11-/m0/s1. The summed E-state index contributed by atoms with van der Waals surface area (Å²) in [7, 11) is 0. The number of carbonyl (C=O) groups is 2. The Kier molecular flexibility index (Phi) is 4.61. The van der Waals surface area contributed by atoms with Crippen LogP contribution in [-0.4, -0.2) is 52.3 Å². The van der Waals surface area contributed by atoms with Gasteiger partial charge in [-0.05, 0) is 24.3 Å². The minimum absolute atomic E-state index is 0.0273. The number of likely N-dealkylation sites (tertiary alicyclic amines) is 1. The van der Waals surface area contributed by atoms with E-state index in [0.717, 1.165) is 9.37 Å². The Morgan fingerprint density at radius 3 is 2.60 bits per heavy atom. The normalized spacial score (nSPS) is 21.8. The quantitative estimate of drug-likeness (QED) is 0.847. The summed E-state index contributed by atoms with van der Waals surface area (Å²) in [6.45, 7) is -0.225. The second-order valence-electron chi connectivity index (χ2n) is 4.53. The van der Waals surface area contributed by atoms with Gasteiger partial charge in [-0.25, -0.2) is 4.79 Å². The number of hydrogen-bond donors (Lipinski definition) is 2. The molecule has 0 aromatic heterocycles. The molecule has 0 saturated carbocycles. The van der Waals surface area contributed by atoms with Gasteiger partial charge in [0.25, 0.3) is 5.91 Å². The number of aliphatic carboxylic acids is 1. The van der Waals surface area contributed by atoms with E-state index in [0.29, 0.717) is 5.75 Å². The lowest BCUT2D eigenvalue weighted by Gasteiger charge is -2.21. The van der Waals surface area contributed by atoms with Gasteiger partial charge in [-0.15, -0.1) is 0 Å². The molecule has 1 unspecified atom stereocenters.